The Labute approximate surface area is 217 Å². The average Bonchev–Trinajstić information content (AvgIpc) is 3.74. The molecule has 7 heterocycles. The van der Waals surface area contributed by atoms with Gasteiger partial charge in [0.1, 0.15) is 23.7 Å². The minimum atomic E-state index is 0.663. The maximum absolute atomic E-state index is 6.02. The largest absolute Gasteiger partial charge is 0.491 e. The Morgan fingerprint density at radius 1 is 0.919 bits per heavy atom. The molecule has 0 aromatic carbocycles. The fourth-order valence-electron chi connectivity index (χ4n) is 5.05. The normalized spacial score (nSPS) is 14.2. The second-order valence-electron chi connectivity index (χ2n) is 9.31. The Hall–Kier alpha value is -4.08. The third-order valence-corrected chi connectivity index (χ3v) is 7.64. The van der Waals surface area contributed by atoms with Gasteiger partial charge in [0.15, 0.2) is 5.65 Å². The molecule has 184 valence electrons. The SMILES string of the molecule is c1cc(-c2ccsc2)c2cc(-c3n[nH]c4ncc(-c5cncc(OCCN6CCCC6)c5)cc34)[nH]c2n1. The van der Waals surface area contributed by atoms with Crippen molar-refractivity contribution in [1.82, 2.24) is 35.0 Å². The number of likely N-dealkylation sites (tertiary alicyclic amines) is 1. The summed E-state index contributed by atoms with van der Waals surface area (Å²) in [6.07, 6.45) is 9.86. The van der Waals surface area contributed by atoms with Gasteiger partial charge in [0.05, 0.1) is 11.9 Å². The summed E-state index contributed by atoms with van der Waals surface area (Å²) >= 11 is 1.69. The number of ether oxygens (including phenoxy) is 1. The van der Waals surface area contributed by atoms with E-state index in [0.29, 0.717) is 6.61 Å². The highest BCUT2D eigenvalue weighted by molar-refractivity contribution is 7.08. The summed E-state index contributed by atoms with van der Waals surface area (Å²) < 4.78 is 6.02. The molecule has 0 spiro atoms. The predicted octanol–water partition coefficient (Wildman–Crippen LogP) is 5.77. The zero-order valence-electron chi connectivity index (χ0n) is 20.1. The van der Waals surface area contributed by atoms with E-state index in [0.717, 1.165) is 62.4 Å². The average molecular weight is 508 g/mol. The Balaban J connectivity index is 1.20. The van der Waals surface area contributed by atoms with Crippen molar-refractivity contribution >= 4 is 33.4 Å². The Morgan fingerprint density at radius 3 is 2.73 bits per heavy atom. The van der Waals surface area contributed by atoms with E-state index in [2.05, 4.69) is 70.1 Å². The maximum atomic E-state index is 6.02. The van der Waals surface area contributed by atoms with Crippen molar-refractivity contribution in [3.63, 3.8) is 0 Å². The van der Waals surface area contributed by atoms with Crippen LogP contribution in [0.4, 0.5) is 0 Å². The first kappa shape index (κ1) is 22.1. The van der Waals surface area contributed by atoms with Gasteiger partial charge in [-0.15, -0.1) is 0 Å². The third kappa shape index (κ3) is 4.26. The van der Waals surface area contributed by atoms with Gasteiger partial charge in [-0.2, -0.15) is 16.4 Å². The molecule has 1 fully saturated rings. The van der Waals surface area contributed by atoms with Crippen LogP contribution in [0.1, 0.15) is 12.8 Å². The fourth-order valence-corrected chi connectivity index (χ4v) is 5.70. The maximum Gasteiger partial charge on any atom is 0.155 e. The molecule has 0 radical (unpaired) electrons. The van der Waals surface area contributed by atoms with Crippen molar-refractivity contribution < 1.29 is 4.74 Å². The van der Waals surface area contributed by atoms with Crippen LogP contribution in [0.15, 0.2) is 65.9 Å². The smallest absolute Gasteiger partial charge is 0.155 e. The zero-order valence-corrected chi connectivity index (χ0v) is 21.0. The molecule has 8 nitrogen and oxygen atoms in total. The molecule has 2 N–H and O–H groups in total. The molecule has 6 aromatic rings. The number of H-pyrrole nitrogens is 2. The molecule has 0 amide bonds. The third-order valence-electron chi connectivity index (χ3n) is 6.96. The molecular weight excluding hydrogens is 482 g/mol. The van der Waals surface area contributed by atoms with Gasteiger partial charge in [-0.05, 0) is 78.2 Å². The van der Waals surface area contributed by atoms with E-state index in [1.807, 2.05) is 24.7 Å². The molecule has 1 saturated heterocycles. The summed E-state index contributed by atoms with van der Waals surface area (Å²) in [6, 6.07) is 10.4. The molecule has 0 saturated carbocycles. The first-order valence-electron chi connectivity index (χ1n) is 12.5. The van der Waals surface area contributed by atoms with Crippen LogP contribution in [0, 0.1) is 0 Å². The highest BCUT2D eigenvalue weighted by atomic mass is 32.1. The summed E-state index contributed by atoms with van der Waals surface area (Å²) in [6.45, 7) is 3.95. The Morgan fingerprint density at radius 2 is 1.84 bits per heavy atom. The number of nitrogens with one attached hydrogen (secondary N) is 2. The number of thiophene rings is 1. The van der Waals surface area contributed by atoms with E-state index < -0.39 is 0 Å². The van der Waals surface area contributed by atoms with Crippen molar-refractivity contribution in [2.24, 2.45) is 0 Å². The van der Waals surface area contributed by atoms with Crippen LogP contribution < -0.4 is 4.74 Å². The van der Waals surface area contributed by atoms with Crippen molar-refractivity contribution in [2.75, 3.05) is 26.2 Å². The van der Waals surface area contributed by atoms with Gasteiger partial charge >= 0.3 is 0 Å². The summed E-state index contributed by atoms with van der Waals surface area (Å²) in [5.74, 6) is 0.770. The second kappa shape index (κ2) is 9.42. The van der Waals surface area contributed by atoms with Crippen LogP contribution in [-0.4, -0.2) is 61.3 Å². The molecule has 9 heteroatoms. The Kier molecular flexibility index (Phi) is 5.64. The van der Waals surface area contributed by atoms with Crippen LogP contribution in [0.3, 0.4) is 0 Å². The lowest BCUT2D eigenvalue weighted by molar-refractivity contribution is 0.237. The number of hydrogen-bond acceptors (Lipinski definition) is 7. The van der Waals surface area contributed by atoms with Gasteiger partial charge < -0.3 is 9.72 Å². The molecule has 0 atom stereocenters. The number of pyridine rings is 3. The number of hydrogen-bond donors (Lipinski definition) is 2. The minimum Gasteiger partial charge on any atom is -0.491 e. The minimum absolute atomic E-state index is 0.663. The Bertz CT molecular complexity index is 1680. The molecule has 0 unspecified atom stereocenters. The quantitative estimate of drug-likeness (QED) is 0.285. The number of aromatic amines is 2. The monoisotopic (exact) mass is 507 g/mol. The molecule has 37 heavy (non-hydrogen) atoms. The lowest BCUT2D eigenvalue weighted by Gasteiger charge is -2.15. The van der Waals surface area contributed by atoms with Gasteiger partial charge in [0.2, 0.25) is 0 Å². The van der Waals surface area contributed by atoms with Crippen molar-refractivity contribution in [1.29, 1.82) is 0 Å². The van der Waals surface area contributed by atoms with E-state index in [9.17, 15) is 0 Å². The van der Waals surface area contributed by atoms with Crippen LogP contribution in [-0.2, 0) is 0 Å². The summed E-state index contributed by atoms with van der Waals surface area (Å²) in [5, 5.41) is 13.9. The topological polar surface area (TPSA) is 95.6 Å². The number of fused-ring (bicyclic) bond motifs is 2. The van der Waals surface area contributed by atoms with Gasteiger partial charge in [0.25, 0.3) is 0 Å². The van der Waals surface area contributed by atoms with Gasteiger partial charge in [0, 0.05) is 47.0 Å². The molecule has 0 aliphatic carbocycles. The fraction of sp³-hybridized carbons (Fsp3) is 0.214. The van der Waals surface area contributed by atoms with Gasteiger partial charge in [-0.3, -0.25) is 15.0 Å². The molecule has 0 bridgehead atoms. The van der Waals surface area contributed by atoms with E-state index in [4.69, 9.17) is 4.74 Å². The van der Waals surface area contributed by atoms with Gasteiger partial charge in [-0.25, -0.2) is 9.97 Å². The van der Waals surface area contributed by atoms with E-state index in [-0.39, 0.29) is 0 Å². The summed E-state index contributed by atoms with van der Waals surface area (Å²) in [4.78, 5) is 19.5. The lowest BCUT2D eigenvalue weighted by atomic mass is 10.1. The highest BCUT2D eigenvalue weighted by Crippen LogP contribution is 2.34. The molecule has 1 aliphatic heterocycles. The van der Waals surface area contributed by atoms with Crippen LogP contribution in [0.25, 0.3) is 55.7 Å². The van der Waals surface area contributed by atoms with E-state index >= 15 is 0 Å². The number of rotatable bonds is 7. The lowest BCUT2D eigenvalue weighted by Crippen LogP contribution is -2.25. The van der Waals surface area contributed by atoms with Crippen molar-refractivity contribution in [3.05, 3.63) is 65.9 Å². The van der Waals surface area contributed by atoms with E-state index in [1.54, 1.807) is 17.5 Å². The number of aromatic nitrogens is 6. The van der Waals surface area contributed by atoms with Crippen molar-refractivity contribution in [3.8, 4) is 39.4 Å². The number of nitrogens with zero attached hydrogens (tertiary/aromatic N) is 5. The van der Waals surface area contributed by atoms with Crippen LogP contribution in [0.2, 0.25) is 0 Å². The zero-order chi connectivity index (χ0) is 24.6. The molecule has 1 aliphatic rings. The molecule has 6 aromatic heterocycles. The van der Waals surface area contributed by atoms with Crippen LogP contribution >= 0.6 is 11.3 Å². The van der Waals surface area contributed by atoms with Crippen molar-refractivity contribution in [2.45, 2.75) is 12.8 Å². The summed E-state index contributed by atoms with van der Waals surface area (Å²) in [7, 11) is 0. The summed E-state index contributed by atoms with van der Waals surface area (Å²) in [5.41, 5.74) is 7.53. The standard InChI is InChI=1S/C28H25N7OS/c1-2-7-35(6-1)8-9-36-21-11-19(14-29-16-21)20-12-24-26(33-34-28(24)31-15-20)25-13-23-22(18-4-10-37-17-18)3-5-30-27(23)32-25/h3-5,10-17H,1-2,6-9H2,(H,30,32)(H,31,33,34). The second-order valence-corrected chi connectivity index (χ2v) is 10.1. The molecular formula is C28H25N7OS. The predicted molar refractivity (Wildman–Crippen MR) is 147 cm³/mol. The first-order chi connectivity index (χ1) is 18.3. The highest BCUT2D eigenvalue weighted by Gasteiger charge is 2.16. The first-order valence-corrected chi connectivity index (χ1v) is 13.4. The van der Waals surface area contributed by atoms with Gasteiger partial charge in [-0.1, -0.05) is 0 Å². The van der Waals surface area contributed by atoms with Crippen LogP contribution in [0.5, 0.6) is 5.75 Å². The molecule has 7 rings (SSSR count). The van der Waals surface area contributed by atoms with E-state index in [1.165, 1.54) is 31.5 Å².